The first-order chi connectivity index (χ1) is 8.34. The molecule has 0 aliphatic heterocycles. The number of thiazole rings is 1. The van der Waals surface area contributed by atoms with Gasteiger partial charge in [0.15, 0.2) is 9.84 Å². The summed E-state index contributed by atoms with van der Waals surface area (Å²) >= 11 is 1.60. The average molecular weight is 290 g/mol. The van der Waals surface area contributed by atoms with Crippen molar-refractivity contribution < 1.29 is 8.42 Å². The molecule has 0 radical (unpaired) electrons. The number of aryl methyl sites for hydroxylation is 1. The molecule has 1 N–H and O–H groups in total. The Morgan fingerprint density at radius 3 is 2.61 bits per heavy atom. The molecule has 6 heteroatoms. The fourth-order valence-corrected chi connectivity index (χ4v) is 3.17. The molecule has 2 atom stereocenters. The van der Waals surface area contributed by atoms with E-state index in [1.54, 1.807) is 18.3 Å². The second kappa shape index (κ2) is 6.63. The molecule has 0 aliphatic carbocycles. The average Bonchev–Trinajstić information content (AvgIpc) is 2.68. The zero-order valence-corrected chi connectivity index (χ0v) is 13.1. The van der Waals surface area contributed by atoms with Crippen molar-refractivity contribution >= 4 is 21.2 Å². The van der Waals surface area contributed by atoms with E-state index in [0.717, 1.165) is 23.7 Å². The first-order valence-electron chi connectivity index (χ1n) is 6.17. The predicted octanol–water partition coefficient (Wildman–Crippen LogP) is 1.80. The summed E-state index contributed by atoms with van der Waals surface area (Å²) in [6.07, 6.45) is 2.95. The van der Waals surface area contributed by atoms with Crippen LogP contribution >= 0.6 is 11.3 Å². The van der Waals surface area contributed by atoms with Gasteiger partial charge in [0.05, 0.1) is 16.0 Å². The molecule has 1 aromatic heterocycles. The summed E-state index contributed by atoms with van der Waals surface area (Å²) in [7, 11) is -3.03. The second-order valence-electron chi connectivity index (χ2n) is 4.66. The number of nitrogens with one attached hydrogen (secondary N) is 1. The van der Waals surface area contributed by atoms with Gasteiger partial charge in [0.2, 0.25) is 0 Å². The smallest absolute Gasteiger partial charge is 0.151 e. The lowest BCUT2D eigenvalue weighted by molar-refractivity contribution is 0.479. The summed E-state index contributed by atoms with van der Waals surface area (Å²) in [5, 5.41) is 5.95. The molecular weight excluding hydrogens is 268 g/mol. The zero-order chi connectivity index (χ0) is 13.8. The van der Waals surface area contributed by atoms with E-state index in [0.29, 0.717) is 6.42 Å². The predicted molar refractivity (Wildman–Crippen MR) is 76.9 cm³/mol. The molecule has 0 spiro atoms. The van der Waals surface area contributed by atoms with Crippen LogP contribution in [-0.4, -0.2) is 37.5 Å². The van der Waals surface area contributed by atoms with Gasteiger partial charge in [-0.3, -0.25) is 0 Å². The van der Waals surface area contributed by atoms with Crippen LogP contribution in [0.15, 0.2) is 5.38 Å². The Labute approximate surface area is 114 Å². The van der Waals surface area contributed by atoms with E-state index in [2.05, 4.69) is 17.2 Å². The summed E-state index contributed by atoms with van der Waals surface area (Å²) < 4.78 is 23.3. The van der Waals surface area contributed by atoms with Gasteiger partial charge in [-0.05, 0) is 26.8 Å². The molecule has 18 heavy (non-hydrogen) atoms. The lowest BCUT2D eigenvalue weighted by Gasteiger charge is -2.23. The fourth-order valence-electron chi connectivity index (χ4n) is 1.76. The SMILES string of the molecule is CCCNC(Cc1csc(C)n1)C(C)S(C)(=O)=O. The minimum Gasteiger partial charge on any atom is -0.312 e. The van der Waals surface area contributed by atoms with Gasteiger partial charge in [-0.25, -0.2) is 13.4 Å². The molecule has 1 aromatic rings. The number of sulfone groups is 1. The second-order valence-corrected chi connectivity index (χ2v) is 8.12. The maximum absolute atomic E-state index is 11.7. The third-order valence-electron chi connectivity index (χ3n) is 2.99. The molecule has 0 amide bonds. The minimum absolute atomic E-state index is 0.0681. The highest BCUT2D eigenvalue weighted by molar-refractivity contribution is 7.91. The van der Waals surface area contributed by atoms with Crippen molar-refractivity contribution in [1.82, 2.24) is 10.3 Å². The van der Waals surface area contributed by atoms with Crippen molar-refractivity contribution in [3.63, 3.8) is 0 Å². The molecular formula is C12H22N2O2S2. The fraction of sp³-hybridized carbons (Fsp3) is 0.750. The van der Waals surface area contributed by atoms with Crippen LogP contribution in [0.2, 0.25) is 0 Å². The van der Waals surface area contributed by atoms with E-state index in [1.807, 2.05) is 12.3 Å². The van der Waals surface area contributed by atoms with E-state index in [1.165, 1.54) is 6.26 Å². The molecule has 0 fully saturated rings. The van der Waals surface area contributed by atoms with Crippen LogP contribution in [0.5, 0.6) is 0 Å². The molecule has 2 unspecified atom stereocenters. The van der Waals surface area contributed by atoms with Crippen LogP contribution in [0, 0.1) is 6.92 Å². The summed E-state index contributed by atoms with van der Waals surface area (Å²) in [6, 6.07) is -0.0681. The highest BCUT2D eigenvalue weighted by Crippen LogP contribution is 2.14. The maximum Gasteiger partial charge on any atom is 0.151 e. The molecule has 104 valence electrons. The summed E-state index contributed by atoms with van der Waals surface area (Å²) in [4.78, 5) is 4.41. The standard InChI is InChI=1S/C12H22N2O2S2/c1-5-6-13-12(9(2)18(4,15)16)7-11-8-17-10(3)14-11/h8-9,12-13H,5-7H2,1-4H3. The van der Waals surface area contributed by atoms with E-state index in [4.69, 9.17) is 0 Å². The largest absolute Gasteiger partial charge is 0.312 e. The molecule has 0 bridgehead atoms. The quantitative estimate of drug-likeness (QED) is 0.832. The van der Waals surface area contributed by atoms with Gasteiger partial charge in [0.25, 0.3) is 0 Å². The molecule has 4 nitrogen and oxygen atoms in total. The number of aromatic nitrogens is 1. The van der Waals surface area contributed by atoms with E-state index in [9.17, 15) is 8.42 Å². The highest BCUT2D eigenvalue weighted by atomic mass is 32.2. The van der Waals surface area contributed by atoms with Gasteiger partial charge in [0.1, 0.15) is 0 Å². The van der Waals surface area contributed by atoms with Crippen molar-refractivity contribution in [2.24, 2.45) is 0 Å². The Morgan fingerprint density at radius 2 is 2.17 bits per heavy atom. The Hall–Kier alpha value is -0.460. The Morgan fingerprint density at radius 1 is 1.50 bits per heavy atom. The van der Waals surface area contributed by atoms with Crippen LogP contribution in [0.4, 0.5) is 0 Å². The Kier molecular flexibility index (Phi) is 5.75. The van der Waals surface area contributed by atoms with Gasteiger partial charge in [0, 0.05) is 24.1 Å². The van der Waals surface area contributed by atoms with Crippen LogP contribution < -0.4 is 5.32 Å². The number of rotatable bonds is 7. The molecule has 0 aromatic carbocycles. The van der Waals surface area contributed by atoms with Gasteiger partial charge in [-0.2, -0.15) is 0 Å². The van der Waals surface area contributed by atoms with Gasteiger partial charge < -0.3 is 5.32 Å². The van der Waals surface area contributed by atoms with Crippen molar-refractivity contribution in [2.45, 2.75) is 44.9 Å². The van der Waals surface area contributed by atoms with Crippen molar-refractivity contribution in [1.29, 1.82) is 0 Å². The first kappa shape index (κ1) is 15.6. The van der Waals surface area contributed by atoms with Crippen molar-refractivity contribution in [2.75, 3.05) is 12.8 Å². The molecule has 0 saturated heterocycles. The maximum atomic E-state index is 11.7. The molecule has 0 aliphatic rings. The normalized spacial score (nSPS) is 15.6. The topological polar surface area (TPSA) is 59.1 Å². The summed E-state index contributed by atoms with van der Waals surface area (Å²) in [5.74, 6) is 0. The monoisotopic (exact) mass is 290 g/mol. The van der Waals surface area contributed by atoms with Gasteiger partial charge >= 0.3 is 0 Å². The van der Waals surface area contributed by atoms with E-state index >= 15 is 0 Å². The van der Waals surface area contributed by atoms with Crippen molar-refractivity contribution in [3.05, 3.63) is 16.1 Å². The van der Waals surface area contributed by atoms with Crippen molar-refractivity contribution in [3.8, 4) is 0 Å². The summed E-state index contributed by atoms with van der Waals surface area (Å²) in [6.45, 7) is 6.63. The van der Waals surface area contributed by atoms with Crippen LogP contribution in [0.3, 0.4) is 0 Å². The molecule has 1 rings (SSSR count). The minimum atomic E-state index is -3.03. The number of hydrogen-bond acceptors (Lipinski definition) is 5. The third kappa shape index (κ3) is 4.66. The lowest BCUT2D eigenvalue weighted by atomic mass is 10.1. The van der Waals surface area contributed by atoms with Crippen LogP contribution in [0.1, 0.15) is 31.0 Å². The molecule has 1 heterocycles. The van der Waals surface area contributed by atoms with Crippen LogP contribution in [-0.2, 0) is 16.3 Å². The number of nitrogens with zero attached hydrogens (tertiary/aromatic N) is 1. The van der Waals surface area contributed by atoms with Crippen LogP contribution in [0.25, 0.3) is 0 Å². The Balaban J connectivity index is 2.78. The Bertz CT molecular complexity index is 468. The van der Waals surface area contributed by atoms with Gasteiger partial charge in [-0.15, -0.1) is 11.3 Å². The van der Waals surface area contributed by atoms with E-state index < -0.39 is 15.1 Å². The lowest BCUT2D eigenvalue weighted by Crippen LogP contribution is -2.44. The first-order valence-corrected chi connectivity index (χ1v) is 9.01. The molecule has 0 saturated carbocycles. The van der Waals surface area contributed by atoms with Gasteiger partial charge in [-0.1, -0.05) is 6.92 Å². The summed E-state index contributed by atoms with van der Waals surface area (Å²) in [5.41, 5.74) is 0.974. The third-order valence-corrected chi connectivity index (χ3v) is 5.50. The zero-order valence-electron chi connectivity index (χ0n) is 11.4. The number of hydrogen-bond donors (Lipinski definition) is 1. The van der Waals surface area contributed by atoms with E-state index in [-0.39, 0.29) is 6.04 Å². The highest BCUT2D eigenvalue weighted by Gasteiger charge is 2.26.